The molecule has 86 valence electrons. The normalized spacial score (nSPS) is 12.1. The number of carboxylic acids is 1. The van der Waals surface area contributed by atoms with Crippen LogP contribution < -0.4 is 0 Å². The molecule has 0 radical (unpaired) electrons. The number of aliphatic carboxylic acids is 1. The molecule has 1 N–H and O–H groups in total. The zero-order valence-corrected chi connectivity index (χ0v) is 10.00. The largest absolute Gasteiger partial charge is 0.481 e. The van der Waals surface area contributed by atoms with Crippen molar-refractivity contribution in [3.8, 4) is 0 Å². The quantitative estimate of drug-likeness (QED) is 0.797. The number of benzene rings is 1. The molecule has 0 aliphatic rings. The van der Waals surface area contributed by atoms with Crippen molar-refractivity contribution in [2.75, 3.05) is 0 Å². The van der Waals surface area contributed by atoms with Crippen molar-refractivity contribution < 1.29 is 9.90 Å². The van der Waals surface area contributed by atoms with Crippen molar-refractivity contribution in [2.45, 2.75) is 19.8 Å². The van der Waals surface area contributed by atoms with Crippen molar-refractivity contribution in [3.05, 3.63) is 47.0 Å². The van der Waals surface area contributed by atoms with E-state index < -0.39 is 11.9 Å². The third-order valence-corrected chi connectivity index (χ3v) is 2.74. The first kappa shape index (κ1) is 12.8. The van der Waals surface area contributed by atoms with E-state index in [9.17, 15) is 4.79 Å². The number of carboxylic acid groups (broad SMARTS) is 1. The van der Waals surface area contributed by atoms with E-state index in [1.54, 1.807) is 6.07 Å². The number of halogens is 1. The van der Waals surface area contributed by atoms with Crippen LogP contribution in [0.3, 0.4) is 0 Å². The summed E-state index contributed by atoms with van der Waals surface area (Å²) in [6.07, 6.45) is 0.933. The summed E-state index contributed by atoms with van der Waals surface area (Å²) in [5.74, 6) is -1.25. The van der Waals surface area contributed by atoms with Crippen molar-refractivity contribution in [1.29, 1.82) is 0 Å². The number of hydrogen-bond donors (Lipinski definition) is 1. The van der Waals surface area contributed by atoms with Gasteiger partial charge in [0.2, 0.25) is 0 Å². The lowest BCUT2D eigenvalue weighted by molar-refractivity contribution is -0.141. The molecule has 1 atom stereocenters. The molecular weight excluding hydrogens is 224 g/mol. The van der Waals surface area contributed by atoms with E-state index in [0.29, 0.717) is 17.9 Å². The van der Waals surface area contributed by atoms with Gasteiger partial charge in [-0.05, 0) is 31.4 Å². The number of allylic oxidation sites excluding steroid dienone is 1. The Labute approximate surface area is 101 Å². The van der Waals surface area contributed by atoms with Gasteiger partial charge in [-0.2, -0.15) is 0 Å². The van der Waals surface area contributed by atoms with Gasteiger partial charge in [0.1, 0.15) is 0 Å². The fourth-order valence-electron chi connectivity index (χ4n) is 1.60. The zero-order valence-electron chi connectivity index (χ0n) is 9.24. The topological polar surface area (TPSA) is 37.3 Å². The van der Waals surface area contributed by atoms with Crippen LogP contribution in [0.1, 0.15) is 18.9 Å². The van der Waals surface area contributed by atoms with E-state index in [2.05, 4.69) is 6.58 Å². The fraction of sp³-hybridized carbons (Fsp3) is 0.308. The Kier molecular flexibility index (Phi) is 4.56. The number of carbonyl (C=O) groups is 1. The minimum absolute atomic E-state index is 0.446. The molecule has 0 heterocycles. The summed E-state index contributed by atoms with van der Waals surface area (Å²) in [6.45, 7) is 5.58. The second-order valence-electron chi connectivity index (χ2n) is 3.99. The van der Waals surface area contributed by atoms with Crippen molar-refractivity contribution in [2.24, 2.45) is 5.92 Å². The molecular formula is C13H15ClO2. The van der Waals surface area contributed by atoms with Crippen LogP contribution in [0.4, 0.5) is 0 Å². The summed E-state index contributed by atoms with van der Waals surface area (Å²) in [4.78, 5) is 11.1. The monoisotopic (exact) mass is 238 g/mol. The van der Waals surface area contributed by atoms with Crippen LogP contribution in [0.15, 0.2) is 36.4 Å². The Morgan fingerprint density at radius 1 is 1.50 bits per heavy atom. The van der Waals surface area contributed by atoms with Gasteiger partial charge < -0.3 is 5.11 Å². The van der Waals surface area contributed by atoms with E-state index in [0.717, 1.165) is 11.1 Å². The Balaban J connectivity index is 2.80. The average Bonchev–Trinajstić information content (AvgIpc) is 2.19. The molecule has 0 aliphatic carbocycles. The highest BCUT2D eigenvalue weighted by Gasteiger charge is 2.18. The van der Waals surface area contributed by atoms with Gasteiger partial charge in [-0.1, -0.05) is 35.4 Å². The van der Waals surface area contributed by atoms with Crippen LogP contribution in [-0.4, -0.2) is 11.1 Å². The molecule has 0 aliphatic heterocycles. The second kappa shape index (κ2) is 5.71. The van der Waals surface area contributed by atoms with Gasteiger partial charge in [0.25, 0.3) is 0 Å². The third kappa shape index (κ3) is 3.70. The average molecular weight is 239 g/mol. The first-order chi connectivity index (χ1) is 7.50. The van der Waals surface area contributed by atoms with Gasteiger partial charge in [0, 0.05) is 5.02 Å². The minimum Gasteiger partial charge on any atom is -0.481 e. The first-order valence-electron chi connectivity index (χ1n) is 5.11. The second-order valence-corrected chi connectivity index (χ2v) is 4.40. The maximum absolute atomic E-state index is 11.1. The summed E-state index contributed by atoms with van der Waals surface area (Å²) in [6, 6.07) is 7.33. The molecule has 3 heteroatoms. The lowest BCUT2D eigenvalue weighted by Crippen LogP contribution is -2.16. The number of rotatable bonds is 5. The molecule has 0 saturated carbocycles. The molecule has 1 aromatic rings. The summed E-state index contributed by atoms with van der Waals surface area (Å²) < 4.78 is 0. The van der Waals surface area contributed by atoms with Gasteiger partial charge >= 0.3 is 5.97 Å². The molecule has 1 rings (SSSR count). The number of hydrogen-bond acceptors (Lipinski definition) is 1. The van der Waals surface area contributed by atoms with E-state index in [4.69, 9.17) is 16.7 Å². The molecule has 1 aromatic carbocycles. The van der Waals surface area contributed by atoms with Crippen LogP contribution in [0.2, 0.25) is 5.02 Å². The van der Waals surface area contributed by atoms with Crippen molar-refractivity contribution in [3.63, 3.8) is 0 Å². The van der Waals surface area contributed by atoms with Crippen LogP contribution in [-0.2, 0) is 11.2 Å². The lowest BCUT2D eigenvalue weighted by atomic mass is 9.93. The highest BCUT2D eigenvalue weighted by molar-refractivity contribution is 6.31. The molecule has 0 saturated heterocycles. The highest BCUT2D eigenvalue weighted by atomic mass is 35.5. The zero-order chi connectivity index (χ0) is 12.1. The lowest BCUT2D eigenvalue weighted by Gasteiger charge is -2.13. The van der Waals surface area contributed by atoms with E-state index >= 15 is 0 Å². The molecule has 16 heavy (non-hydrogen) atoms. The molecule has 0 aromatic heterocycles. The fourth-order valence-corrected chi connectivity index (χ4v) is 1.81. The summed E-state index contributed by atoms with van der Waals surface area (Å²) in [7, 11) is 0. The standard InChI is InChI=1S/C13H15ClO2/c1-9(2)7-11(13(15)16)8-10-5-3-4-6-12(10)14/h3-6,11H,1,7-8H2,2H3,(H,15,16). The van der Waals surface area contributed by atoms with Crippen molar-refractivity contribution in [1.82, 2.24) is 0 Å². The molecule has 0 amide bonds. The molecule has 0 fully saturated rings. The molecule has 0 bridgehead atoms. The Hall–Kier alpha value is -1.28. The SMILES string of the molecule is C=C(C)CC(Cc1ccccc1Cl)C(=O)O. The van der Waals surface area contributed by atoms with Crippen LogP contribution >= 0.6 is 11.6 Å². The van der Waals surface area contributed by atoms with E-state index in [1.165, 1.54) is 0 Å². The maximum atomic E-state index is 11.1. The highest BCUT2D eigenvalue weighted by Crippen LogP contribution is 2.22. The Morgan fingerprint density at radius 2 is 2.12 bits per heavy atom. The summed E-state index contributed by atoms with van der Waals surface area (Å²) >= 11 is 5.99. The Bertz CT molecular complexity index is 399. The van der Waals surface area contributed by atoms with Gasteiger partial charge in [-0.25, -0.2) is 0 Å². The molecule has 0 spiro atoms. The predicted molar refractivity (Wildman–Crippen MR) is 65.7 cm³/mol. The van der Waals surface area contributed by atoms with Crippen LogP contribution in [0, 0.1) is 5.92 Å². The smallest absolute Gasteiger partial charge is 0.307 e. The molecule has 2 nitrogen and oxygen atoms in total. The molecule has 1 unspecified atom stereocenters. The van der Waals surface area contributed by atoms with E-state index in [1.807, 2.05) is 25.1 Å². The minimum atomic E-state index is -0.803. The third-order valence-electron chi connectivity index (χ3n) is 2.37. The van der Waals surface area contributed by atoms with Crippen molar-refractivity contribution >= 4 is 17.6 Å². The van der Waals surface area contributed by atoms with Crippen LogP contribution in [0.5, 0.6) is 0 Å². The Morgan fingerprint density at radius 3 is 2.62 bits per heavy atom. The first-order valence-corrected chi connectivity index (χ1v) is 5.49. The van der Waals surface area contributed by atoms with Gasteiger partial charge in [-0.3, -0.25) is 4.79 Å². The van der Waals surface area contributed by atoms with Gasteiger partial charge in [0.05, 0.1) is 5.92 Å². The van der Waals surface area contributed by atoms with Gasteiger partial charge in [-0.15, -0.1) is 6.58 Å². The predicted octanol–water partition coefficient (Wildman–Crippen LogP) is 3.55. The van der Waals surface area contributed by atoms with Gasteiger partial charge in [0.15, 0.2) is 0 Å². The van der Waals surface area contributed by atoms with Crippen LogP contribution in [0.25, 0.3) is 0 Å². The summed E-state index contributed by atoms with van der Waals surface area (Å²) in [5.41, 5.74) is 1.75. The van der Waals surface area contributed by atoms with E-state index in [-0.39, 0.29) is 0 Å². The summed E-state index contributed by atoms with van der Waals surface area (Å²) in [5, 5.41) is 9.71. The maximum Gasteiger partial charge on any atom is 0.307 e.